The standard InChI is InChI=1S/C13H25NO2/c1-2-3-4-5-6-7-8-11-14-12(15)9-10-13(14)16/h12,15H,2-11H2,1H3. The summed E-state index contributed by atoms with van der Waals surface area (Å²) < 4.78 is 0. The van der Waals surface area contributed by atoms with E-state index in [9.17, 15) is 9.90 Å². The van der Waals surface area contributed by atoms with Crippen LogP contribution >= 0.6 is 0 Å². The first-order valence-electron chi connectivity index (χ1n) is 6.73. The van der Waals surface area contributed by atoms with E-state index in [4.69, 9.17) is 0 Å². The Morgan fingerprint density at radius 2 is 1.81 bits per heavy atom. The molecule has 1 rings (SSSR count). The molecule has 1 unspecified atom stereocenters. The van der Waals surface area contributed by atoms with Gasteiger partial charge in [0.25, 0.3) is 0 Å². The highest BCUT2D eigenvalue weighted by Crippen LogP contribution is 2.17. The monoisotopic (exact) mass is 227 g/mol. The number of aliphatic hydroxyl groups excluding tert-OH is 1. The third-order valence-corrected chi connectivity index (χ3v) is 3.30. The van der Waals surface area contributed by atoms with Crippen LogP contribution in [0.5, 0.6) is 0 Å². The van der Waals surface area contributed by atoms with Crippen molar-refractivity contribution in [2.24, 2.45) is 0 Å². The summed E-state index contributed by atoms with van der Waals surface area (Å²) in [5, 5.41) is 9.54. The zero-order valence-corrected chi connectivity index (χ0v) is 10.5. The van der Waals surface area contributed by atoms with Crippen LogP contribution in [0.3, 0.4) is 0 Å². The summed E-state index contributed by atoms with van der Waals surface area (Å²) in [5.74, 6) is 0.124. The second-order valence-electron chi connectivity index (χ2n) is 4.73. The van der Waals surface area contributed by atoms with E-state index in [2.05, 4.69) is 6.92 Å². The lowest BCUT2D eigenvalue weighted by molar-refractivity contribution is -0.133. The van der Waals surface area contributed by atoms with Crippen LogP contribution in [0, 0.1) is 0 Å². The number of aliphatic hydroxyl groups is 1. The largest absolute Gasteiger partial charge is 0.374 e. The average molecular weight is 227 g/mol. The minimum Gasteiger partial charge on any atom is -0.374 e. The molecule has 0 radical (unpaired) electrons. The highest BCUT2D eigenvalue weighted by Gasteiger charge is 2.27. The van der Waals surface area contributed by atoms with Gasteiger partial charge < -0.3 is 10.0 Å². The summed E-state index contributed by atoms with van der Waals surface area (Å²) in [6.07, 6.45) is 9.39. The fraction of sp³-hybridized carbons (Fsp3) is 0.923. The Bertz CT molecular complexity index is 206. The van der Waals surface area contributed by atoms with E-state index in [1.54, 1.807) is 4.90 Å². The van der Waals surface area contributed by atoms with Crippen molar-refractivity contribution < 1.29 is 9.90 Å². The molecule has 1 aliphatic heterocycles. The van der Waals surface area contributed by atoms with Gasteiger partial charge in [-0.2, -0.15) is 0 Å². The van der Waals surface area contributed by atoms with E-state index in [-0.39, 0.29) is 5.91 Å². The van der Waals surface area contributed by atoms with Gasteiger partial charge in [0.05, 0.1) is 0 Å². The Morgan fingerprint density at radius 3 is 2.38 bits per heavy atom. The molecule has 0 bridgehead atoms. The molecule has 1 heterocycles. The highest BCUT2D eigenvalue weighted by molar-refractivity contribution is 5.78. The van der Waals surface area contributed by atoms with Crippen LogP contribution in [-0.4, -0.2) is 28.7 Å². The third-order valence-electron chi connectivity index (χ3n) is 3.30. The van der Waals surface area contributed by atoms with Gasteiger partial charge in [0.2, 0.25) is 5.91 Å². The number of carbonyl (C=O) groups excluding carboxylic acids is 1. The van der Waals surface area contributed by atoms with Crippen LogP contribution in [0.1, 0.15) is 64.7 Å². The summed E-state index contributed by atoms with van der Waals surface area (Å²) in [4.78, 5) is 13.0. The van der Waals surface area contributed by atoms with Crippen LogP contribution in [0.4, 0.5) is 0 Å². The van der Waals surface area contributed by atoms with E-state index < -0.39 is 6.23 Å². The predicted molar refractivity (Wildman–Crippen MR) is 64.9 cm³/mol. The summed E-state index contributed by atoms with van der Waals surface area (Å²) >= 11 is 0. The van der Waals surface area contributed by atoms with E-state index in [0.29, 0.717) is 12.8 Å². The molecule has 16 heavy (non-hydrogen) atoms. The van der Waals surface area contributed by atoms with Crippen LogP contribution in [0.2, 0.25) is 0 Å². The fourth-order valence-corrected chi connectivity index (χ4v) is 2.23. The normalized spacial score (nSPS) is 20.8. The van der Waals surface area contributed by atoms with Crippen LogP contribution in [-0.2, 0) is 4.79 Å². The van der Waals surface area contributed by atoms with Gasteiger partial charge in [-0.05, 0) is 6.42 Å². The van der Waals surface area contributed by atoms with Crippen molar-refractivity contribution in [3.63, 3.8) is 0 Å². The number of hydrogen-bond donors (Lipinski definition) is 1. The first kappa shape index (κ1) is 13.5. The predicted octanol–water partition coefficient (Wildman–Crippen LogP) is 2.68. The second kappa shape index (κ2) is 7.66. The Morgan fingerprint density at radius 1 is 1.19 bits per heavy atom. The van der Waals surface area contributed by atoms with Crippen molar-refractivity contribution in [1.29, 1.82) is 0 Å². The van der Waals surface area contributed by atoms with Crippen LogP contribution in [0.25, 0.3) is 0 Å². The Kier molecular flexibility index (Phi) is 6.46. The molecule has 1 N–H and O–H groups in total. The van der Waals surface area contributed by atoms with Gasteiger partial charge in [0, 0.05) is 19.4 Å². The molecule has 1 aliphatic rings. The first-order valence-corrected chi connectivity index (χ1v) is 6.73. The average Bonchev–Trinajstić information content (AvgIpc) is 2.59. The molecule has 0 aromatic carbocycles. The summed E-state index contributed by atoms with van der Waals surface area (Å²) in [7, 11) is 0. The SMILES string of the molecule is CCCCCCCCCN1C(=O)CCC1O. The minimum absolute atomic E-state index is 0.124. The maximum absolute atomic E-state index is 11.4. The number of nitrogens with zero attached hydrogens (tertiary/aromatic N) is 1. The number of unbranched alkanes of at least 4 members (excludes halogenated alkanes) is 6. The number of likely N-dealkylation sites (tertiary alicyclic amines) is 1. The number of rotatable bonds is 8. The smallest absolute Gasteiger partial charge is 0.224 e. The Labute approximate surface area is 98.8 Å². The van der Waals surface area contributed by atoms with Gasteiger partial charge >= 0.3 is 0 Å². The topological polar surface area (TPSA) is 40.5 Å². The molecule has 0 spiro atoms. The molecular formula is C13H25NO2. The maximum atomic E-state index is 11.4. The highest BCUT2D eigenvalue weighted by atomic mass is 16.3. The summed E-state index contributed by atoms with van der Waals surface area (Å²) in [6.45, 7) is 2.97. The van der Waals surface area contributed by atoms with Gasteiger partial charge in [-0.1, -0.05) is 45.4 Å². The van der Waals surface area contributed by atoms with Gasteiger partial charge in [-0.3, -0.25) is 4.79 Å². The number of amides is 1. The lowest BCUT2D eigenvalue weighted by atomic mass is 10.1. The Balaban J connectivity index is 1.96. The molecule has 0 aromatic rings. The quantitative estimate of drug-likeness (QED) is 0.648. The van der Waals surface area contributed by atoms with Crippen molar-refractivity contribution in [3.8, 4) is 0 Å². The van der Waals surface area contributed by atoms with Crippen molar-refractivity contribution in [1.82, 2.24) is 4.90 Å². The molecule has 1 saturated heterocycles. The molecule has 0 aromatic heterocycles. The lowest BCUT2D eigenvalue weighted by Gasteiger charge is -2.20. The van der Waals surface area contributed by atoms with Crippen LogP contribution < -0.4 is 0 Å². The minimum atomic E-state index is -0.507. The fourth-order valence-electron chi connectivity index (χ4n) is 2.23. The molecule has 94 valence electrons. The van der Waals surface area contributed by atoms with Crippen molar-refractivity contribution >= 4 is 5.91 Å². The number of hydrogen-bond acceptors (Lipinski definition) is 2. The molecule has 1 fully saturated rings. The molecule has 3 heteroatoms. The van der Waals surface area contributed by atoms with E-state index in [0.717, 1.165) is 13.0 Å². The molecule has 0 aliphatic carbocycles. The van der Waals surface area contributed by atoms with E-state index in [1.807, 2.05) is 0 Å². The van der Waals surface area contributed by atoms with E-state index in [1.165, 1.54) is 38.5 Å². The maximum Gasteiger partial charge on any atom is 0.224 e. The molecule has 1 amide bonds. The molecule has 1 atom stereocenters. The van der Waals surface area contributed by atoms with Gasteiger partial charge in [0.15, 0.2) is 0 Å². The molecular weight excluding hydrogens is 202 g/mol. The first-order chi connectivity index (χ1) is 7.75. The summed E-state index contributed by atoms with van der Waals surface area (Å²) in [6, 6.07) is 0. The number of carbonyl (C=O) groups is 1. The van der Waals surface area contributed by atoms with Crippen molar-refractivity contribution in [2.75, 3.05) is 6.54 Å². The van der Waals surface area contributed by atoms with E-state index >= 15 is 0 Å². The zero-order chi connectivity index (χ0) is 11.8. The molecule has 0 saturated carbocycles. The van der Waals surface area contributed by atoms with Gasteiger partial charge in [-0.15, -0.1) is 0 Å². The van der Waals surface area contributed by atoms with Gasteiger partial charge in [0.1, 0.15) is 6.23 Å². The van der Waals surface area contributed by atoms with Crippen molar-refractivity contribution in [2.45, 2.75) is 70.9 Å². The van der Waals surface area contributed by atoms with Gasteiger partial charge in [-0.25, -0.2) is 0 Å². The van der Waals surface area contributed by atoms with Crippen LogP contribution in [0.15, 0.2) is 0 Å². The zero-order valence-electron chi connectivity index (χ0n) is 10.5. The third kappa shape index (κ3) is 4.52. The lowest BCUT2D eigenvalue weighted by Crippen LogP contribution is -2.33. The van der Waals surface area contributed by atoms with Crippen molar-refractivity contribution in [3.05, 3.63) is 0 Å². The Hall–Kier alpha value is -0.570. The second-order valence-corrected chi connectivity index (χ2v) is 4.73. The summed E-state index contributed by atoms with van der Waals surface area (Å²) in [5.41, 5.74) is 0. The molecule has 3 nitrogen and oxygen atoms in total.